The molecular formula is C36H76N16O20. The largest absolute Gasteiger partial charge is 0.409 e. The molecule has 0 aromatic carbocycles. The van der Waals surface area contributed by atoms with E-state index < -0.39 is 55.4 Å². The monoisotopic (exact) mass is 1050 g/mol. The van der Waals surface area contributed by atoms with Gasteiger partial charge < -0.3 is 146 Å². The van der Waals surface area contributed by atoms with Crippen molar-refractivity contribution in [3.05, 3.63) is 0 Å². The summed E-state index contributed by atoms with van der Waals surface area (Å²) >= 11 is 0. The van der Waals surface area contributed by atoms with Crippen molar-refractivity contribution in [2.45, 2.75) is 100 Å². The van der Waals surface area contributed by atoms with E-state index in [1.807, 2.05) is 0 Å². The van der Waals surface area contributed by atoms with E-state index in [1.54, 1.807) is 0 Å². The minimum Gasteiger partial charge on any atom is -0.409 e. The van der Waals surface area contributed by atoms with Crippen molar-refractivity contribution in [1.29, 1.82) is 0 Å². The molecule has 0 aliphatic carbocycles. The molecule has 0 amide bonds. The van der Waals surface area contributed by atoms with Gasteiger partial charge in [0.15, 0.2) is 0 Å². The molecule has 8 unspecified atom stereocenters. The number of aliphatic hydroxyl groups excluding tert-OH is 4. The van der Waals surface area contributed by atoms with Gasteiger partial charge in [-0.15, -0.1) is 0 Å². The molecule has 36 heteroatoms. The predicted octanol–water partition coefficient (Wildman–Crippen LogP) is -5.88. The van der Waals surface area contributed by atoms with Crippen LogP contribution in [0.4, 0.5) is 0 Å². The zero-order valence-electron chi connectivity index (χ0n) is 39.6. The van der Waals surface area contributed by atoms with Crippen molar-refractivity contribution in [2.75, 3.05) is 79.3 Å². The summed E-state index contributed by atoms with van der Waals surface area (Å²) in [6, 6.07) is 0. The number of nitrogens with two attached hydrogens (primary N) is 8. The fourth-order valence-corrected chi connectivity index (χ4v) is 5.28. The maximum absolute atomic E-state index is 10.8. The maximum Gasteiger partial charge on any atom is 0.141 e. The van der Waals surface area contributed by atoms with Crippen LogP contribution in [0.1, 0.15) is 51.4 Å². The van der Waals surface area contributed by atoms with Crippen molar-refractivity contribution in [3.8, 4) is 0 Å². The van der Waals surface area contributed by atoms with Gasteiger partial charge >= 0.3 is 0 Å². The summed E-state index contributed by atoms with van der Waals surface area (Å²) in [4.78, 5) is 0. The third kappa shape index (κ3) is 33.3. The Kier molecular flexibility index (Phi) is 40.9. The molecule has 0 aromatic heterocycles. The number of hydrogen-bond acceptors (Lipinski definition) is 28. The van der Waals surface area contributed by atoms with Crippen molar-refractivity contribution < 1.29 is 100.0 Å². The molecule has 0 heterocycles. The molecule has 72 heavy (non-hydrogen) atoms. The maximum atomic E-state index is 10.8. The first-order valence-corrected chi connectivity index (χ1v) is 21.6. The highest BCUT2D eigenvalue weighted by Crippen LogP contribution is 2.19. The molecule has 0 aromatic rings. The summed E-state index contributed by atoms with van der Waals surface area (Å²) in [6.07, 6.45) is -9.60. The number of aliphatic hydroxyl groups is 4. The van der Waals surface area contributed by atoms with E-state index in [0.29, 0.717) is 0 Å². The molecule has 8 atom stereocenters. The quantitative estimate of drug-likeness (QED) is 0.00890. The van der Waals surface area contributed by atoms with Crippen LogP contribution in [0.3, 0.4) is 0 Å². The molecule has 0 aliphatic heterocycles. The number of nitrogens with zero attached hydrogens (tertiary/aromatic N) is 8. The molecule has 36 nitrogen and oxygen atoms in total. The van der Waals surface area contributed by atoms with Crippen LogP contribution < -0.4 is 45.9 Å². The third-order valence-electron chi connectivity index (χ3n) is 9.10. The second kappa shape index (κ2) is 43.5. The average molecular weight is 1050 g/mol. The summed E-state index contributed by atoms with van der Waals surface area (Å²) in [5.74, 6) is -0.833. The molecule has 0 saturated heterocycles. The van der Waals surface area contributed by atoms with Crippen LogP contribution >= 0.6 is 0 Å². The second-order valence-corrected chi connectivity index (χ2v) is 14.6. The lowest BCUT2D eigenvalue weighted by Gasteiger charge is -2.35. The molecule has 0 fully saturated rings. The summed E-state index contributed by atoms with van der Waals surface area (Å²) in [5.41, 5.74) is 43.4. The van der Waals surface area contributed by atoms with Crippen molar-refractivity contribution in [1.82, 2.24) is 0 Å². The Bertz CT molecular complexity index is 1590. The Hall–Kier alpha value is -6.32. The van der Waals surface area contributed by atoms with E-state index in [4.69, 9.17) is 125 Å². The molecule has 28 N–H and O–H groups in total. The normalized spacial score (nSPS) is 17.1. The van der Waals surface area contributed by atoms with Crippen LogP contribution in [-0.2, 0) is 37.9 Å². The lowest BCUT2D eigenvalue weighted by Crippen LogP contribution is -2.52. The first-order chi connectivity index (χ1) is 34.4. The van der Waals surface area contributed by atoms with E-state index in [-0.39, 0.29) is 171 Å². The van der Waals surface area contributed by atoms with Gasteiger partial charge in [-0.2, -0.15) is 0 Å². The second-order valence-electron chi connectivity index (χ2n) is 14.6. The van der Waals surface area contributed by atoms with Gasteiger partial charge in [-0.25, -0.2) is 0 Å². The first kappa shape index (κ1) is 67.8. The zero-order valence-corrected chi connectivity index (χ0v) is 39.6. The lowest BCUT2D eigenvalue weighted by molar-refractivity contribution is -0.182. The molecule has 0 radical (unpaired) electrons. The van der Waals surface area contributed by atoms with Gasteiger partial charge in [0.2, 0.25) is 0 Å². The summed E-state index contributed by atoms with van der Waals surface area (Å²) in [5, 5.41) is 134. The highest BCUT2D eigenvalue weighted by atomic mass is 16.6. The van der Waals surface area contributed by atoms with Gasteiger partial charge in [0, 0.05) is 51.4 Å². The summed E-state index contributed by atoms with van der Waals surface area (Å²) in [7, 11) is 0. The number of oxime groups is 8. The van der Waals surface area contributed by atoms with Gasteiger partial charge in [-0.05, 0) is 0 Å². The molecule has 0 rings (SSSR count). The van der Waals surface area contributed by atoms with Crippen molar-refractivity contribution >= 4 is 46.7 Å². The standard InChI is InChI=1S/2C18H38N8O10/c19-13(23-29)1-5-33-10-11(28)17(35-7-3-15(21)25-31)18(36-8-4-16(22)26-32)12(9-27)34-6-2-14(20)24-30;19-13(23-29)1-5-33-9-11(27)17(35-7-3-15(21)25-31)18(36-8-4-16(22)26-32)12(28)10-34-6-2-14(20)24-30/h2*11-12,17-18,27-32H,1-10H2,(H2,19,23)(H2,20,24)(H2,21,25)(H2,22,26). The number of hydrogen-bond donors (Lipinski definition) is 20. The van der Waals surface area contributed by atoms with Crippen LogP contribution in [0.15, 0.2) is 41.2 Å². The topological polar surface area (TPSA) is 624 Å². The first-order valence-electron chi connectivity index (χ1n) is 21.6. The molecule has 0 aliphatic rings. The molecular weight excluding hydrogens is 976 g/mol. The highest BCUT2D eigenvalue weighted by Gasteiger charge is 2.38. The zero-order chi connectivity index (χ0) is 54.7. The summed E-state index contributed by atoms with van der Waals surface area (Å²) in [6.45, 7) is -1.97. The minimum atomic E-state index is -1.36. The van der Waals surface area contributed by atoms with Crippen LogP contribution in [0.25, 0.3) is 0 Å². The lowest BCUT2D eigenvalue weighted by atomic mass is 10.0. The summed E-state index contributed by atoms with van der Waals surface area (Å²) < 4.78 is 44.6. The predicted molar refractivity (Wildman–Crippen MR) is 250 cm³/mol. The van der Waals surface area contributed by atoms with Gasteiger partial charge in [-0.1, -0.05) is 41.2 Å². The van der Waals surface area contributed by atoms with E-state index >= 15 is 0 Å². The van der Waals surface area contributed by atoms with Crippen LogP contribution in [0, 0.1) is 0 Å². The van der Waals surface area contributed by atoms with Gasteiger partial charge in [-0.3, -0.25) is 0 Å². The molecule has 0 spiro atoms. The van der Waals surface area contributed by atoms with Crippen molar-refractivity contribution in [2.24, 2.45) is 87.1 Å². The fourth-order valence-electron chi connectivity index (χ4n) is 5.28. The Balaban J connectivity index is 0. The Morgan fingerprint density at radius 3 is 0.722 bits per heavy atom. The van der Waals surface area contributed by atoms with Crippen LogP contribution in [0.2, 0.25) is 0 Å². The van der Waals surface area contributed by atoms with E-state index in [9.17, 15) is 20.4 Å². The van der Waals surface area contributed by atoms with E-state index in [0.717, 1.165) is 0 Å². The number of rotatable bonds is 42. The Labute approximate surface area is 412 Å². The van der Waals surface area contributed by atoms with Gasteiger partial charge in [0.25, 0.3) is 0 Å². The average Bonchev–Trinajstić information content (AvgIpc) is 3.39. The number of ether oxygens (including phenoxy) is 8. The van der Waals surface area contributed by atoms with Crippen LogP contribution in [0.5, 0.6) is 0 Å². The molecule has 0 bridgehead atoms. The highest BCUT2D eigenvalue weighted by molar-refractivity contribution is 5.82. The Morgan fingerprint density at radius 1 is 0.306 bits per heavy atom. The van der Waals surface area contributed by atoms with E-state index in [1.165, 1.54) is 0 Å². The van der Waals surface area contributed by atoms with Crippen LogP contribution in [-0.4, -0.2) is 237 Å². The SMILES string of the molecule is NC(CCOCC(O)C(OCCC(N)=NO)C(OCCC(N)=NO)C(CO)OCCC(N)=NO)=NO.NC(CCOCC(O)C(OCCC(N)=NO)C(OCCC(N)=NO)C(O)COCCC(N)=NO)=NO. The van der Waals surface area contributed by atoms with Crippen molar-refractivity contribution in [3.63, 3.8) is 0 Å². The Morgan fingerprint density at radius 2 is 0.500 bits per heavy atom. The fraction of sp³-hybridized carbons (Fsp3) is 0.778. The van der Waals surface area contributed by atoms with Gasteiger partial charge in [0.05, 0.1) is 79.3 Å². The molecule has 420 valence electrons. The van der Waals surface area contributed by atoms with E-state index in [2.05, 4.69) is 41.2 Å². The third-order valence-corrected chi connectivity index (χ3v) is 9.10. The minimum absolute atomic E-state index is 0.00152. The van der Waals surface area contributed by atoms with Gasteiger partial charge in [0.1, 0.15) is 95.5 Å². The molecule has 0 saturated carbocycles. The smallest absolute Gasteiger partial charge is 0.141 e. The number of amidine groups is 8.